The van der Waals surface area contributed by atoms with Crippen LogP contribution in [0, 0.1) is 5.92 Å². The van der Waals surface area contributed by atoms with E-state index in [1.165, 1.54) is 11.8 Å². The summed E-state index contributed by atoms with van der Waals surface area (Å²) in [4.78, 5) is 18.0. The summed E-state index contributed by atoms with van der Waals surface area (Å²) >= 11 is 1.45. The van der Waals surface area contributed by atoms with Gasteiger partial charge in [-0.05, 0) is 31.4 Å². The van der Waals surface area contributed by atoms with Crippen LogP contribution in [0.2, 0.25) is 0 Å². The molecule has 1 aliphatic rings. The van der Waals surface area contributed by atoms with Crippen LogP contribution in [-0.4, -0.2) is 10.8 Å². The van der Waals surface area contributed by atoms with E-state index in [1.807, 2.05) is 45.0 Å². The van der Waals surface area contributed by atoms with Crippen molar-refractivity contribution in [2.45, 2.75) is 40.0 Å². The highest BCUT2D eigenvalue weighted by Crippen LogP contribution is 2.39. The van der Waals surface area contributed by atoms with E-state index in [9.17, 15) is 4.79 Å². The highest BCUT2D eigenvalue weighted by atomic mass is 32.2. The number of thioether (sulfide) groups is 1. The van der Waals surface area contributed by atoms with Gasteiger partial charge in [-0.15, -0.1) is 0 Å². The third-order valence-corrected chi connectivity index (χ3v) is 3.81. The Morgan fingerprint density at radius 2 is 2.20 bits per heavy atom. The zero-order valence-corrected chi connectivity index (χ0v) is 13.4. The monoisotopic (exact) mass is 291 g/mol. The highest BCUT2D eigenvalue weighted by Gasteiger charge is 2.32. The van der Waals surface area contributed by atoms with Gasteiger partial charge in [-0.1, -0.05) is 51.3 Å². The first-order chi connectivity index (χ1) is 9.72. The molecule has 1 aromatic heterocycles. The SMILES string of the molecule is C=C(S/C(=C/CC)C(=O)C1CC1)c1ccccn1.CC.[HH]. The molecule has 0 amide bonds. The first kappa shape index (κ1) is 16.7. The molecule has 1 fully saturated rings. The molecule has 1 aliphatic carbocycles. The van der Waals surface area contributed by atoms with Gasteiger partial charge in [0.05, 0.1) is 10.6 Å². The number of nitrogens with zero attached hydrogens (tertiary/aromatic N) is 1. The van der Waals surface area contributed by atoms with Gasteiger partial charge in [0.1, 0.15) is 0 Å². The molecule has 0 radical (unpaired) electrons. The third-order valence-electron chi connectivity index (χ3n) is 2.76. The molecule has 1 saturated carbocycles. The van der Waals surface area contributed by atoms with E-state index in [0.717, 1.165) is 34.8 Å². The Labute approximate surface area is 127 Å². The lowest BCUT2D eigenvalue weighted by Gasteiger charge is -2.07. The zero-order chi connectivity index (χ0) is 15.0. The smallest absolute Gasteiger partial charge is 0.172 e. The number of carbonyl (C=O) groups is 1. The molecule has 110 valence electrons. The van der Waals surface area contributed by atoms with E-state index >= 15 is 0 Å². The number of allylic oxidation sites excluding steroid dienone is 2. The molecule has 0 atom stereocenters. The summed E-state index contributed by atoms with van der Waals surface area (Å²) in [6.07, 6.45) is 6.69. The number of carbonyl (C=O) groups excluding carboxylic acids is 1. The van der Waals surface area contributed by atoms with Gasteiger partial charge in [-0.25, -0.2) is 0 Å². The molecule has 0 N–H and O–H groups in total. The fraction of sp³-hybridized carbons (Fsp3) is 0.412. The summed E-state index contributed by atoms with van der Waals surface area (Å²) in [6, 6.07) is 5.72. The van der Waals surface area contributed by atoms with Crippen molar-refractivity contribution in [2.24, 2.45) is 5.92 Å². The Kier molecular flexibility index (Phi) is 7.31. The van der Waals surface area contributed by atoms with Crippen molar-refractivity contribution < 1.29 is 6.22 Å². The molecule has 20 heavy (non-hydrogen) atoms. The van der Waals surface area contributed by atoms with Crippen molar-refractivity contribution in [3.05, 3.63) is 47.6 Å². The van der Waals surface area contributed by atoms with Crippen molar-refractivity contribution in [1.82, 2.24) is 4.98 Å². The van der Waals surface area contributed by atoms with Crippen LogP contribution in [0.25, 0.3) is 4.91 Å². The average Bonchev–Trinajstić information content (AvgIpc) is 3.33. The fourth-order valence-electron chi connectivity index (χ4n) is 1.64. The average molecular weight is 291 g/mol. The maximum absolute atomic E-state index is 12.1. The lowest BCUT2D eigenvalue weighted by atomic mass is 10.2. The number of hydrogen-bond donors (Lipinski definition) is 0. The van der Waals surface area contributed by atoms with E-state index in [2.05, 4.69) is 11.6 Å². The molecule has 1 aromatic rings. The summed E-state index contributed by atoms with van der Waals surface area (Å²) in [5, 5.41) is 0. The van der Waals surface area contributed by atoms with Crippen LogP contribution in [0.1, 0.15) is 47.2 Å². The van der Waals surface area contributed by atoms with Gasteiger partial charge in [-0.2, -0.15) is 0 Å². The molecule has 0 aliphatic heterocycles. The molecular formula is C17H25NOS. The molecule has 0 spiro atoms. The molecular weight excluding hydrogens is 266 g/mol. The van der Waals surface area contributed by atoms with Crippen molar-refractivity contribution in [3.8, 4) is 0 Å². The number of ketones is 1. The topological polar surface area (TPSA) is 30.0 Å². The predicted molar refractivity (Wildman–Crippen MR) is 90.4 cm³/mol. The van der Waals surface area contributed by atoms with Gasteiger partial charge in [0.15, 0.2) is 5.78 Å². The molecule has 0 unspecified atom stereocenters. The van der Waals surface area contributed by atoms with E-state index in [4.69, 9.17) is 0 Å². The second-order valence-corrected chi connectivity index (χ2v) is 5.49. The number of hydrogen-bond acceptors (Lipinski definition) is 3. The molecule has 2 nitrogen and oxygen atoms in total. The number of pyridine rings is 1. The number of rotatable bonds is 6. The van der Waals surface area contributed by atoms with Crippen LogP contribution in [0.3, 0.4) is 0 Å². The number of aromatic nitrogens is 1. The summed E-state index contributed by atoms with van der Waals surface area (Å²) in [6.45, 7) is 10.1. The van der Waals surface area contributed by atoms with Gasteiger partial charge < -0.3 is 0 Å². The van der Waals surface area contributed by atoms with Crippen molar-refractivity contribution >= 4 is 22.5 Å². The summed E-state index contributed by atoms with van der Waals surface area (Å²) < 4.78 is 0. The molecule has 0 saturated heterocycles. The predicted octanol–water partition coefficient (Wildman–Crippen LogP) is 5.33. The van der Waals surface area contributed by atoms with E-state index < -0.39 is 0 Å². The normalized spacial score (nSPS) is 14.2. The number of Topliss-reactive ketones (excluding diaryl/α,β-unsaturated/α-hetero) is 1. The standard InChI is InChI=1S/C15H17NOS.C2H6.H2/c1-3-6-14(15(17)12-8-9-12)18-11(2)13-7-4-5-10-16-13;1-2;/h4-7,10,12H,2-3,8-9H2,1H3;1-2H3;1H/b14-6+;;. The molecule has 0 aromatic carbocycles. The van der Waals surface area contributed by atoms with E-state index in [-0.39, 0.29) is 13.1 Å². The zero-order valence-electron chi connectivity index (χ0n) is 12.6. The van der Waals surface area contributed by atoms with Gasteiger partial charge in [-0.3, -0.25) is 9.78 Å². The Balaban J connectivity index is 0.00000128. The van der Waals surface area contributed by atoms with Crippen molar-refractivity contribution in [2.75, 3.05) is 0 Å². The lowest BCUT2D eigenvalue weighted by molar-refractivity contribution is -0.116. The first-order valence-electron chi connectivity index (χ1n) is 7.25. The van der Waals surface area contributed by atoms with Gasteiger partial charge in [0, 0.05) is 18.4 Å². The minimum absolute atomic E-state index is 0. The quantitative estimate of drug-likeness (QED) is 0.663. The maximum atomic E-state index is 12.1. The second-order valence-electron chi connectivity index (χ2n) is 4.36. The molecule has 1 heterocycles. The second kappa shape index (κ2) is 8.75. The summed E-state index contributed by atoms with van der Waals surface area (Å²) in [5.41, 5.74) is 0.841. The summed E-state index contributed by atoms with van der Waals surface area (Å²) in [7, 11) is 0. The maximum Gasteiger partial charge on any atom is 0.172 e. The molecule has 2 rings (SSSR count). The lowest BCUT2D eigenvalue weighted by Crippen LogP contribution is -2.02. The Morgan fingerprint density at radius 1 is 1.50 bits per heavy atom. The van der Waals surface area contributed by atoms with Crippen molar-refractivity contribution in [1.29, 1.82) is 0 Å². The van der Waals surface area contributed by atoms with Crippen LogP contribution < -0.4 is 0 Å². The van der Waals surface area contributed by atoms with Gasteiger partial charge >= 0.3 is 0 Å². The largest absolute Gasteiger partial charge is 0.293 e. The Bertz CT molecular complexity index is 481. The third kappa shape index (κ3) is 4.97. The van der Waals surface area contributed by atoms with Crippen LogP contribution in [0.4, 0.5) is 0 Å². The van der Waals surface area contributed by atoms with Gasteiger partial charge in [0.2, 0.25) is 0 Å². The van der Waals surface area contributed by atoms with Crippen molar-refractivity contribution in [3.63, 3.8) is 0 Å². The summed E-state index contributed by atoms with van der Waals surface area (Å²) in [5.74, 6) is 0.533. The van der Waals surface area contributed by atoms with Crippen LogP contribution in [-0.2, 0) is 4.79 Å². The van der Waals surface area contributed by atoms with Crippen LogP contribution in [0.15, 0.2) is 42.0 Å². The Hall–Kier alpha value is -1.35. The Morgan fingerprint density at radius 3 is 2.70 bits per heavy atom. The first-order valence-corrected chi connectivity index (χ1v) is 8.06. The van der Waals surface area contributed by atoms with Gasteiger partial charge in [0.25, 0.3) is 0 Å². The van der Waals surface area contributed by atoms with Crippen LogP contribution in [0.5, 0.6) is 0 Å². The highest BCUT2D eigenvalue weighted by molar-refractivity contribution is 8.12. The van der Waals surface area contributed by atoms with E-state index in [1.54, 1.807) is 6.20 Å². The van der Waals surface area contributed by atoms with Crippen LogP contribution >= 0.6 is 11.8 Å². The fourth-order valence-corrected chi connectivity index (χ4v) is 2.65. The molecule has 0 bridgehead atoms. The minimum atomic E-state index is 0. The minimum Gasteiger partial charge on any atom is -0.293 e. The molecule has 3 heteroatoms. The van der Waals surface area contributed by atoms with E-state index in [0.29, 0.717) is 0 Å².